The number of hydrogen-bond donors (Lipinski definition) is 1. The van der Waals surface area contributed by atoms with E-state index in [9.17, 15) is 9.59 Å². The Bertz CT molecular complexity index is 962. The summed E-state index contributed by atoms with van der Waals surface area (Å²) >= 11 is 0. The quantitative estimate of drug-likeness (QED) is 0.658. The Balaban J connectivity index is 1.71. The lowest BCUT2D eigenvalue weighted by Crippen LogP contribution is -2.30. The molecule has 5 nitrogen and oxygen atoms in total. The number of para-hydroxylation sites is 1. The van der Waals surface area contributed by atoms with Crippen molar-refractivity contribution in [2.75, 3.05) is 11.9 Å². The molecular formula is C22H21NO4. The summed E-state index contributed by atoms with van der Waals surface area (Å²) in [4.78, 5) is 25.0. The van der Waals surface area contributed by atoms with E-state index in [-0.39, 0.29) is 0 Å². The van der Waals surface area contributed by atoms with Gasteiger partial charge in [-0.3, -0.25) is 4.79 Å². The summed E-state index contributed by atoms with van der Waals surface area (Å²) in [5.41, 5.74) is 0.972. The van der Waals surface area contributed by atoms with E-state index in [0.29, 0.717) is 23.6 Å². The number of rotatable bonds is 6. The molecule has 3 aromatic carbocycles. The molecular weight excluding hydrogens is 342 g/mol. The standard InChI is InChI=1S/C22H21NO4/c1-3-26-20-14-7-6-12-18(20)22(25)27-15(2)21(24)23-19-13-8-10-16-9-4-5-11-17(16)19/h4-15H,3H2,1-2H3,(H,23,24)/t15-/m1/s1. The molecule has 0 bridgehead atoms. The van der Waals surface area contributed by atoms with Crippen LogP contribution >= 0.6 is 0 Å². The average Bonchev–Trinajstić information content (AvgIpc) is 2.69. The van der Waals surface area contributed by atoms with Crippen molar-refractivity contribution in [1.29, 1.82) is 0 Å². The van der Waals surface area contributed by atoms with E-state index in [1.165, 1.54) is 0 Å². The average molecular weight is 363 g/mol. The zero-order valence-corrected chi connectivity index (χ0v) is 15.3. The maximum absolute atomic E-state index is 12.5. The van der Waals surface area contributed by atoms with Crippen LogP contribution in [0.2, 0.25) is 0 Å². The monoisotopic (exact) mass is 363 g/mol. The Morgan fingerprint density at radius 1 is 0.963 bits per heavy atom. The molecule has 0 heterocycles. The second-order valence-corrected chi connectivity index (χ2v) is 5.99. The van der Waals surface area contributed by atoms with Crippen molar-refractivity contribution in [2.45, 2.75) is 20.0 Å². The number of benzene rings is 3. The summed E-state index contributed by atoms with van der Waals surface area (Å²) in [7, 11) is 0. The predicted molar refractivity (Wildman–Crippen MR) is 105 cm³/mol. The molecule has 27 heavy (non-hydrogen) atoms. The number of nitrogens with one attached hydrogen (secondary N) is 1. The Morgan fingerprint density at radius 3 is 2.48 bits per heavy atom. The minimum Gasteiger partial charge on any atom is -0.493 e. The number of hydrogen-bond acceptors (Lipinski definition) is 4. The fourth-order valence-corrected chi connectivity index (χ4v) is 2.76. The second kappa shape index (κ2) is 8.36. The van der Waals surface area contributed by atoms with Gasteiger partial charge in [0.25, 0.3) is 5.91 Å². The van der Waals surface area contributed by atoms with E-state index >= 15 is 0 Å². The van der Waals surface area contributed by atoms with Gasteiger partial charge in [0.2, 0.25) is 0 Å². The lowest BCUT2D eigenvalue weighted by molar-refractivity contribution is -0.123. The molecule has 0 saturated carbocycles. The fraction of sp³-hybridized carbons (Fsp3) is 0.182. The van der Waals surface area contributed by atoms with Crippen LogP contribution in [0.3, 0.4) is 0 Å². The van der Waals surface area contributed by atoms with Crippen LogP contribution in [0.4, 0.5) is 5.69 Å². The van der Waals surface area contributed by atoms with E-state index in [1.54, 1.807) is 31.2 Å². The first-order chi connectivity index (χ1) is 13.1. The maximum Gasteiger partial charge on any atom is 0.342 e. The molecule has 1 atom stereocenters. The third-order valence-electron chi connectivity index (χ3n) is 4.11. The number of carbonyl (C=O) groups excluding carboxylic acids is 2. The van der Waals surface area contributed by atoms with Crippen molar-refractivity contribution in [1.82, 2.24) is 0 Å². The SMILES string of the molecule is CCOc1ccccc1C(=O)O[C@H](C)C(=O)Nc1cccc2ccccc12. The predicted octanol–water partition coefficient (Wildman–Crippen LogP) is 4.42. The first-order valence-corrected chi connectivity index (χ1v) is 8.81. The van der Waals surface area contributed by atoms with Gasteiger partial charge in [0.05, 0.1) is 6.61 Å². The van der Waals surface area contributed by atoms with Crippen molar-refractivity contribution in [2.24, 2.45) is 0 Å². The van der Waals surface area contributed by atoms with Crippen LogP contribution in [0.15, 0.2) is 66.7 Å². The molecule has 3 rings (SSSR count). The molecule has 0 aliphatic carbocycles. The number of fused-ring (bicyclic) bond motifs is 1. The van der Waals surface area contributed by atoms with Gasteiger partial charge in [0, 0.05) is 11.1 Å². The summed E-state index contributed by atoms with van der Waals surface area (Å²) in [6.07, 6.45) is -0.953. The molecule has 0 fully saturated rings. The lowest BCUT2D eigenvalue weighted by Gasteiger charge is -2.16. The third kappa shape index (κ3) is 4.26. The van der Waals surface area contributed by atoms with Crippen molar-refractivity contribution in [3.8, 4) is 5.75 Å². The molecule has 1 amide bonds. The van der Waals surface area contributed by atoms with Crippen molar-refractivity contribution in [3.05, 3.63) is 72.3 Å². The van der Waals surface area contributed by atoms with E-state index in [0.717, 1.165) is 10.8 Å². The minimum absolute atomic E-state index is 0.296. The van der Waals surface area contributed by atoms with E-state index < -0.39 is 18.0 Å². The highest BCUT2D eigenvalue weighted by molar-refractivity contribution is 6.04. The smallest absolute Gasteiger partial charge is 0.342 e. The molecule has 3 aromatic rings. The fourth-order valence-electron chi connectivity index (χ4n) is 2.76. The van der Waals surface area contributed by atoms with Gasteiger partial charge < -0.3 is 14.8 Å². The number of ether oxygens (including phenoxy) is 2. The van der Waals surface area contributed by atoms with E-state index in [4.69, 9.17) is 9.47 Å². The second-order valence-electron chi connectivity index (χ2n) is 5.99. The highest BCUT2D eigenvalue weighted by Crippen LogP contribution is 2.24. The van der Waals surface area contributed by atoms with Gasteiger partial charge in [-0.05, 0) is 37.4 Å². The molecule has 0 aliphatic rings. The normalized spacial score (nSPS) is 11.6. The minimum atomic E-state index is -0.953. The molecule has 0 spiro atoms. The molecule has 0 aromatic heterocycles. The maximum atomic E-state index is 12.5. The summed E-state index contributed by atoms with van der Waals surface area (Å²) in [5, 5.41) is 4.78. The van der Waals surface area contributed by atoms with Gasteiger partial charge in [0.1, 0.15) is 11.3 Å². The van der Waals surface area contributed by atoms with Gasteiger partial charge >= 0.3 is 5.97 Å². The topological polar surface area (TPSA) is 64.6 Å². The van der Waals surface area contributed by atoms with Gasteiger partial charge in [-0.15, -0.1) is 0 Å². The number of esters is 1. The molecule has 0 aliphatic heterocycles. The van der Waals surface area contributed by atoms with Crippen LogP contribution in [0.1, 0.15) is 24.2 Å². The summed E-state index contributed by atoms with van der Waals surface area (Å²) in [6.45, 7) is 3.81. The van der Waals surface area contributed by atoms with Crippen LogP contribution < -0.4 is 10.1 Å². The number of carbonyl (C=O) groups is 2. The van der Waals surface area contributed by atoms with Crippen LogP contribution in [-0.2, 0) is 9.53 Å². The van der Waals surface area contributed by atoms with Crippen LogP contribution in [0, 0.1) is 0 Å². The van der Waals surface area contributed by atoms with Crippen LogP contribution in [0.25, 0.3) is 10.8 Å². The van der Waals surface area contributed by atoms with Crippen molar-refractivity contribution in [3.63, 3.8) is 0 Å². The largest absolute Gasteiger partial charge is 0.493 e. The Kier molecular flexibility index (Phi) is 5.71. The van der Waals surface area contributed by atoms with Crippen LogP contribution in [-0.4, -0.2) is 24.6 Å². The first kappa shape index (κ1) is 18.5. The van der Waals surface area contributed by atoms with Gasteiger partial charge in [-0.25, -0.2) is 4.79 Å². The zero-order chi connectivity index (χ0) is 19.2. The third-order valence-corrected chi connectivity index (χ3v) is 4.11. The first-order valence-electron chi connectivity index (χ1n) is 8.81. The van der Waals surface area contributed by atoms with Gasteiger partial charge in [-0.1, -0.05) is 48.5 Å². The van der Waals surface area contributed by atoms with Crippen LogP contribution in [0.5, 0.6) is 5.75 Å². The molecule has 0 saturated heterocycles. The number of amides is 1. The molecule has 138 valence electrons. The van der Waals surface area contributed by atoms with Crippen molar-refractivity contribution >= 4 is 28.3 Å². The van der Waals surface area contributed by atoms with E-state index in [2.05, 4.69) is 5.32 Å². The van der Waals surface area contributed by atoms with Gasteiger partial charge in [-0.2, -0.15) is 0 Å². The Morgan fingerprint density at radius 2 is 1.67 bits per heavy atom. The summed E-state index contributed by atoms with van der Waals surface area (Å²) in [5.74, 6) is -0.556. The molecule has 0 unspecified atom stereocenters. The highest BCUT2D eigenvalue weighted by atomic mass is 16.5. The Labute approximate surface area is 157 Å². The van der Waals surface area contributed by atoms with Gasteiger partial charge in [0.15, 0.2) is 6.10 Å². The summed E-state index contributed by atoms with van der Waals surface area (Å²) in [6, 6.07) is 20.2. The summed E-state index contributed by atoms with van der Waals surface area (Å²) < 4.78 is 10.8. The Hall–Kier alpha value is -3.34. The highest BCUT2D eigenvalue weighted by Gasteiger charge is 2.21. The molecule has 1 N–H and O–H groups in total. The number of anilines is 1. The van der Waals surface area contributed by atoms with Crippen molar-refractivity contribution < 1.29 is 19.1 Å². The molecule has 5 heteroatoms. The zero-order valence-electron chi connectivity index (χ0n) is 15.3. The van der Waals surface area contributed by atoms with E-state index in [1.807, 2.05) is 49.4 Å². The lowest BCUT2D eigenvalue weighted by atomic mass is 10.1. The molecule has 0 radical (unpaired) electrons.